The summed E-state index contributed by atoms with van der Waals surface area (Å²) in [6.07, 6.45) is 3.83. The number of hydrogen-bond donors (Lipinski definition) is 1. The molecule has 0 atom stereocenters. The van der Waals surface area contributed by atoms with Gasteiger partial charge in [0, 0.05) is 34.3 Å². The molecule has 0 radical (unpaired) electrons. The zero-order valence-corrected chi connectivity index (χ0v) is 19.9. The zero-order valence-electron chi connectivity index (χ0n) is 18.2. The van der Waals surface area contributed by atoms with Crippen molar-refractivity contribution in [2.45, 2.75) is 37.3 Å². The molecule has 1 amide bonds. The summed E-state index contributed by atoms with van der Waals surface area (Å²) in [5, 5.41) is 10.8. The van der Waals surface area contributed by atoms with E-state index in [1.54, 1.807) is 23.1 Å². The van der Waals surface area contributed by atoms with Gasteiger partial charge >= 0.3 is 0 Å². The maximum Gasteiger partial charge on any atom is 0.251 e. The van der Waals surface area contributed by atoms with Crippen LogP contribution in [-0.4, -0.2) is 27.2 Å². The van der Waals surface area contributed by atoms with E-state index in [9.17, 15) is 4.79 Å². The number of carbonyl (C=O) groups is 1. The third-order valence-electron chi connectivity index (χ3n) is 5.10. The van der Waals surface area contributed by atoms with Crippen molar-refractivity contribution in [3.05, 3.63) is 93.7 Å². The smallest absolute Gasteiger partial charge is 0.251 e. The van der Waals surface area contributed by atoms with Crippen molar-refractivity contribution in [1.82, 2.24) is 20.1 Å². The highest BCUT2D eigenvalue weighted by Crippen LogP contribution is 2.24. The number of hydrogen-bond acceptors (Lipinski definition) is 5. The van der Waals surface area contributed by atoms with Crippen LogP contribution in [0.5, 0.6) is 0 Å². The van der Waals surface area contributed by atoms with Gasteiger partial charge in [0.1, 0.15) is 0 Å². The fourth-order valence-electron chi connectivity index (χ4n) is 3.37. The van der Waals surface area contributed by atoms with Crippen molar-refractivity contribution >= 4 is 29.0 Å². The number of aryl methyl sites for hydroxylation is 3. The van der Waals surface area contributed by atoms with E-state index < -0.39 is 0 Å². The Morgan fingerprint density at radius 1 is 1.09 bits per heavy atom. The number of nitrogens with zero attached hydrogens (tertiary/aromatic N) is 3. The first kappa shape index (κ1) is 22.3. The number of thiazole rings is 1. The Morgan fingerprint density at radius 3 is 2.59 bits per heavy atom. The Hall–Kier alpha value is -2.90. The van der Waals surface area contributed by atoms with Gasteiger partial charge in [0.2, 0.25) is 0 Å². The molecule has 0 bridgehead atoms. The van der Waals surface area contributed by atoms with Gasteiger partial charge in [-0.25, -0.2) is 9.67 Å². The predicted molar refractivity (Wildman–Crippen MR) is 132 cm³/mol. The summed E-state index contributed by atoms with van der Waals surface area (Å²) in [4.78, 5) is 18.1. The number of rotatable bonds is 9. The molecule has 4 rings (SSSR count). The number of carbonyl (C=O) groups excluding carboxylic acids is 1. The molecule has 7 heteroatoms. The van der Waals surface area contributed by atoms with E-state index in [2.05, 4.69) is 27.0 Å². The first-order valence-corrected chi connectivity index (χ1v) is 12.5. The van der Waals surface area contributed by atoms with E-state index in [0.717, 1.165) is 45.6 Å². The molecule has 0 spiro atoms. The lowest BCUT2D eigenvalue weighted by molar-refractivity contribution is 0.0953. The van der Waals surface area contributed by atoms with E-state index in [0.29, 0.717) is 12.1 Å². The summed E-state index contributed by atoms with van der Waals surface area (Å²) in [6.45, 7) is 4.68. The van der Waals surface area contributed by atoms with Gasteiger partial charge in [-0.1, -0.05) is 18.2 Å². The Bertz CT molecular complexity index is 1170. The van der Waals surface area contributed by atoms with Crippen molar-refractivity contribution in [1.29, 1.82) is 0 Å². The number of amides is 1. The molecule has 2 aromatic heterocycles. The van der Waals surface area contributed by atoms with E-state index >= 15 is 0 Å². The van der Waals surface area contributed by atoms with Gasteiger partial charge in [-0.2, -0.15) is 5.10 Å². The Morgan fingerprint density at radius 2 is 1.88 bits per heavy atom. The van der Waals surface area contributed by atoms with Crippen LogP contribution in [0.15, 0.2) is 71.1 Å². The molecular formula is C25H26N4OS2. The number of thioether (sulfide) groups is 1. The zero-order chi connectivity index (χ0) is 22.3. The molecule has 0 saturated heterocycles. The minimum atomic E-state index is -0.0339. The molecule has 4 aromatic rings. The minimum Gasteiger partial charge on any atom is -0.352 e. The average Bonchev–Trinajstić information content (AvgIpc) is 3.41. The van der Waals surface area contributed by atoms with Gasteiger partial charge in [-0.3, -0.25) is 4.79 Å². The molecule has 0 saturated carbocycles. The van der Waals surface area contributed by atoms with Crippen molar-refractivity contribution in [2.75, 3.05) is 6.54 Å². The highest BCUT2D eigenvalue weighted by Gasteiger charge is 2.08. The second-order valence-corrected chi connectivity index (χ2v) is 9.66. The molecule has 1 N–H and O–H groups in total. The van der Waals surface area contributed by atoms with Gasteiger partial charge in [0.15, 0.2) is 0 Å². The Kier molecular flexibility index (Phi) is 7.39. The van der Waals surface area contributed by atoms with Crippen molar-refractivity contribution < 1.29 is 4.79 Å². The van der Waals surface area contributed by atoms with Crippen molar-refractivity contribution in [3.63, 3.8) is 0 Å². The fraction of sp³-hybridized carbons (Fsp3) is 0.240. The predicted octanol–water partition coefficient (Wildman–Crippen LogP) is 5.60. The van der Waals surface area contributed by atoms with Crippen LogP contribution in [0.25, 0.3) is 5.69 Å². The van der Waals surface area contributed by atoms with Crippen LogP contribution in [0.2, 0.25) is 0 Å². The largest absolute Gasteiger partial charge is 0.352 e. The van der Waals surface area contributed by atoms with E-state index in [-0.39, 0.29) is 5.91 Å². The third-order valence-corrected chi connectivity index (χ3v) is 6.97. The Labute approximate surface area is 196 Å². The topological polar surface area (TPSA) is 59.8 Å². The quantitative estimate of drug-likeness (QED) is 0.260. The normalized spacial score (nSPS) is 10.9. The fourth-order valence-corrected chi connectivity index (χ4v) is 4.88. The third kappa shape index (κ3) is 5.87. The summed E-state index contributed by atoms with van der Waals surface area (Å²) < 4.78 is 1.92. The van der Waals surface area contributed by atoms with Crippen molar-refractivity contribution in [3.8, 4) is 5.69 Å². The van der Waals surface area contributed by atoms with Gasteiger partial charge in [-0.05, 0) is 68.7 Å². The maximum absolute atomic E-state index is 12.5. The van der Waals surface area contributed by atoms with Crippen LogP contribution < -0.4 is 5.32 Å². The van der Waals surface area contributed by atoms with Crippen LogP contribution in [0.3, 0.4) is 0 Å². The van der Waals surface area contributed by atoms with Gasteiger partial charge in [0.05, 0.1) is 22.1 Å². The lowest BCUT2D eigenvalue weighted by atomic mass is 10.1. The molecule has 2 heterocycles. The summed E-state index contributed by atoms with van der Waals surface area (Å²) in [5.41, 5.74) is 5.08. The van der Waals surface area contributed by atoms with E-state index in [1.165, 1.54) is 5.56 Å². The summed E-state index contributed by atoms with van der Waals surface area (Å²) in [5.74, 6) is 0.809. The van der Waals surface area contributed by atoms with Crippen LogP contribution in [-0.2, 0) is 12.2 Å². The van der Waals surface area contributed by atoms with Crippen molar-refractivity contribution in [2.24, 2.45) is 0 Å². The van der Waals surface area contributed by atoms with Crippen LogP contribution in [0.1, 0.15) is 38.7 Å². The monoisotopic (exact) mass is 462 g/mol. The lowest BCUT2D eigenvalue weighted by Gasteiger charge is -2.06. The SMILES string of the molecule is Cc1nc(CSc2ccc(C(=O)NCCCc3cn(-c4ccccc4)nc3C)cc2)cs1. The molecule has 0 unspecified atom stereocenters. The van der Waals surface area contributed by atoms with Gasteiger partial charge in [-0.15, -0.1) is 23.1 Å². The second kappa shape index (κ2) is 10.6. The van der Waals surface area contributed by atoms with Gasteiger partial charge in [0.25, 0.3) is 5.91 Å². The molecule has 0 aliphatic rings. The number of nitrogens with one attached hydrogen (secondary N) is 1. The number of aromatic nitrogens is 3. The van der Waals surface area contributed by atoms with E-state index in [4.69, 9.17) is 0 Å². The molecule has 0 aliphatic carbocycles. The molecule has 0 aliphatic heterocycles. The summed E-state index contributed by atoms with van der Waals surface area (Å²) in [6, 6.07) is 17.9. The first-order valence-electron chi connectivity index (χ1n) is 10.6. The summed E-state index contributed by atoms with van der Waals surface area (Å²) in [7, 11) is 0. The minimum absolute atomic E-state index is 0.0339. The number of benzene rings is 2. The highest BCUT2D eigenvalue weighted by atomic mass is 32.2. The van der Waals surface area contributed by atoms with Crippen LogP contribution in [0, 0.1) is 13.8 Å². The molecule has 164 valence electrons. The molecule has 5 nitrogen and oxygen atoms in total. The molecule has 2 aromatic carbocycles. The van der Waals surface area contributed by atoms with Crippen LogP contribution >= 0.6 is 23.1 Å². The Balaban J connectivity index is 1.22. The summed E-state index contributed by atoms with van der Waals surface area (Å²) >= 11 is 3.41. The lowest BCUT2D eigenvalue weighted by Crippen LogP contribution is -2.24. The van der Waals surface area contributed by atoms with E-state index in [1.807, 2.05) is 73.1 Å². The van der Waals surface area contributed by atoms with Crippen LogP contribution in [0.4, 0.5) is 0 Å². The number of para-hydroxylation sites is 1. The second-order valence-electron chi connectivity index (χ2n) is 7.55. The molecule has 32 heavy (non-hydrogen) atoms. The van der Waals surface area contributed by atoms with Gasteiger partial charge < -0.3 is 5.32 Å². The standard InChI is InChI=1S/C25H26N4OS2/c1-18-21(15-29(28-18)23-8-4-3-5-9-23)7-6-14-26-25(30)20-10-12-24(13-11-20)32-17-22-16-31-19(2)27-22/h3-5,8-13,15-16H,6-7,14,17H2,1-2H3,(H,26,30). The average molecular weight is 463 g/mol. The first-order chi connectivity index (χ1) is 15.6. The highest BCUT2D eigenvalue weighted by molar-refractivity contribution is 7.98. The molecule has 0 fully saturated rings. The molecular weight excluding hydrogens is 436 g/mol. The maximum atomic E-state index is 12.5.